The number of nitrogens with one attached hydrogen (secondary N) is 1. The van der Waals surface area contributed by atoms with Gasteiger partial charge in [0.15, 0.2) is 0 Å². The van der Waals surface area contributed by atoms with Gasteiger partial charge < -0.3 is 14.8 Å². The first-order chi connectivity index (χ1) is 7.75. The van der Waals surface area contributed by atoms with Crippen LogP contribution in [0.2, 0.25) is 0 Å². The second kappa shape index (κ2) is 4.53. The van der Waals surface area contributed by atoms with E-state index in [-0.39, 0.29) is 18.1 Å². The van der Waals surface area contributed by atoms with Gasteiger partial charge in [-0.1, -0.05) is 30.3 Å². The Bertz CT molecular complexity index is 476. The number of hydrogen-bond acceptors (Lipinski definition) is 3. The van der Waals surface area contributed by atoms with Crippen molar-refractivity contribution in [2.75, 3.05) is 0 Å². The maximum Gasteiger partial charge on any atom is 0.355 e. The number of ether oxygens (including phenoxy) is 1. The van der Waals surface area contributed by atoms with Crippen molar-refractivity contribution >= 4 is 5.97 Å². The minimum absolute atomic E-state index is 0.0201. The molecule has 2 N–H and O–H groups in total. The van der Waals surface area contributed by atoms with Crippen LogP contribution in [0.3, 0.4) is 0 Å². The summed E-state index contributed by atoms with van der Waals surface area (Å²) in [6.45, 7) is 0.222. The third-order valence-electron chi connectivity index (χ3n) is 2.10. The fourth-order valence-electron chi connectivity index (χ4n) is 1.30. The number of esters is 1. The number of carbonyl (C=O) groups is 1. The van der Waals surface area contributed by atoms with E-state index in [0.29, 0.717) is 0 Å². The minimum atomic E-state index is -0.482. The molecule has 82 valence electrons. The van der Waals surface area contributed by atoms with E-state index in [1.165, 1.54) is 12.3 Å². The highest BCUT2D eigenvalue weighted by molar-refractivity contribution is 5.87. The number of aromatic amines is 1. The average molecular weight is 217 g/mol. The van der Waals surface area contributed by atoms with Gasteiger partial charge in [0.05, 0.1) is 0 Å². The zero-order valence-electron chi connectivity index (χ0n) is 8.51. The summed E-state index contributed by atoms with van der Waals surface area (Å²) in [5, 5.41) is 9.05. The molecular weight excluding hydrogens is 206 g/mol. The predicted octanol–water partition coefficient (Wildman–Crippen LogP) is 2.08. The Hall–Kier alpha value is -2.23. The zero-order chi connectivity index (χ0) is 11.4. The van der Waals surface area contributed by atoms with Crippen molar-refractivity contribution in [2.45, 2.75) is 6.61 Å². The summed E-state index contributed by atoms with van der Waals surface area (Å²) < 4.78 is 5.05. The molecule has 0 saturated heterocycles. The number of hydrogen-bond donors (Lipinski definition) is 2. The molecule has 0 aliphatic heterocycles. The third kappa shape index (κ3) is 2.42. The SMILES string of the molecule is O=C(OCc1ccccc1)c1cc(O)c[nH]1. The van der Waals surface area contributed by atoms with E-state index in [1.807, 2.05) is 30.3 Å². The lowest BCUT2D eigenvalue weighted by Gasteiger charge is -2.02. The van der Waals surface area contributed by atoms with Gasteiger partial charge >= 0.3 is 5.97 Å². The first-order valence-electron chi connectivity index (χ1n) is 4.84. The second-order valence-electron chi connectivity index (χ2n) is 3.33. The highest BCUT2D eigenvalue weighted by atomic mass is 16.5. The molecule has 2 aromatic rings. The van der Waals surface area contributed by atoms with Crippen molar-refractivity contribution in [2.24, 2.45) is 0 Å². The molecule has 2 rings (SSSR count). The summed E-state index contributed by atoms with van der Waals surface area (Å²) >= 11 is 0. The molecular formula is C12H11NO3. The van der Waals surface area contributed by atoms with E-state index < -0.39 is 5.97 Å². The van der Waals surface area contributed by atoms with Crippen molar-refractivity contribution in [3.05, 3.63) is 53.9 Å². The Balaban J connectivity index is 1.94. The Morgan fingerprint density at radius 1 is 1.31 bits per heavy atom. The number of H-pyrrole nitrogens is 1. The molecule has 0 saturated carbocycles. The lowest BCUT2D eigenvalue weighted by molar-refractivity contribution is 0.0466. The number of carbonyl (C=O) groups excluding carboxylic acids is 1. The second-order valence-corrected chi connectivity index (χ2v) is 3.33. The van der Waals surface area contributed by atoms with Crippen LogP contribution in [0.15, 0.2) is 42.6 Å². The topological polar surface area (TPSA) is 62.3 Å². The van der Waals surface area contributed by atoms with Crippen LogP contribution in [-0.4, -0.2) is 16.1 Å². The first kappa shape index (κ1) is 10.3. The van der Waals surface area contributed by atoms with Crippen LogP contribution < -0.4 is 0 Å². The molecule has 0 spiro atoms. The van der Waals surface area contributed by atoms with Crippen molar-refractivity contribution in [1.82, 2.24) is 4.98 Å². The van der Waals surface area contributed by atoms with E-state index in [0.717, 1.165) is 5.56 Å². The Labute approximate surface area is 92.5 Å². The van der Waals surface area contributed by atoms with Crippen molar-refractivity contribution in [3.63, 3.8) is 0 Å². The third-order valence-corrected chi connectivity index (χ3v) is 2.10. The molecule has 4 heteroatoms. The molecule has 16 heavy (non-hydrogen) atoms. The minimum Gasteiger partial charge on any atom is -0.506 e. The molecule has 0 radical (unpaired) electrons. The molecule has 0 unspecified atom stereocenters. The summed E-state index contributed by atoms with van der Waals surface area (Å²) in [7, 11) is 0. The quantitative estimate of drug-likeness (QED) is 0.774. The van der Waals surface area contributed by atoms with Crippen LogP contribution in [0.5, 0.6) is 5.75 Å². The van der Waals surface area contributed by atoms with E-state index in [1.54, 1.807) is 0 Å². The van der Waals surface area contributed by atoms with Crippen LogP contribution in [0.1, 0.15) is 16.1 Å². The molecule has 4 nitrogen and oxygen atoms in total. The van der Waals surface area contributed by atoms with Gasteiger partial charge in [-0.05, 0) is 5.56 Å². The normalized spacial score (nSPS) is 10.0. The molecule has 1 aromatic heterocycles. The fraction of sp³-hybridized carbons (Fsp3) is 0.0833. The number of benzene rings is 1. The van der Waals surface area contributed by atoms with Gasteiger partial charge in [0.2, 0.25) is 0 Å². The summed E-state index contributed by atoms with van der Waals surface area (Å²) in [5.41, 5.74) is 1.17. The molecule has 0 amide bonds. The Morgan fingerprint density at radius 2 is 2.06 bits per heavy atom. The molecule has 0 aliphatic rings. The van der Waals surface area contributed by atoms with E-state index >= 15 is 0 Å². The van der Waals surface area contributed by atoms with Gasteiger partial charge in [-0.25, -0.2) is 4.79 Å². The van der Waals surface area contributed by atoms with Gasteiger partial charge in [-0.3, -0.25) is 0 Å². The van der Waals surface area contributed by atoms with Crippen LogP contribution in [0.4, 0.5) is 0 Å². The monoisotopic (exact) mass is 217 g/mol. The van der Waals surface area contributed by atoms with E-state index in [4.69, 9.17) is 9.84 Å². The summed E-state index contributed by atoms with van der Waals surface area (Å²) in [4.78, 5) is 14.1. The zero-order valence-corrected chi connectivity index (χ0v) is 8.51. The van der Waals surface area contributed by atoms with E-state index in [9.17, 15) is 4.79 Å². The van der Waals surface area contributed by atoms with Gasteiger partial charge in [0.25, 0.3) is 0 Å². The van der Waals surface area contributed by atoms with Gasteiger partial charge in [0.1, 0.15) is 18.1 Å². The van der Waals surface area contributed by atoms with Crippen LogP contribution in [-0.2, 0) is 11.3 Å². The first-order valence-corrected chi connectivity index (χ1v) is 4.84. The van der Waals surface area contributed by atoms with Crippen LogP contribution in [0.25, 0.3) is 0 Å². The smallest absolute Gasteiger partial charge is 0.355 e. The molecule has 0 bridgehead atoms. The molecule has 1 heterocycles. The fourth-order valence-corrected chi connectivity index (χ4v) is 1.30. The Morgan fingerprint density at radius 3 is 2.69 bits per heavy atom. The van der Waals surface area contributed by atoms with Gasteiger partial charge in [-0.15, -0.1) is 0 Å². The summed E-state index contributed by atoms with van der Waals surface area (Å²) in [6, 6.07) is 10.7. The van der Waals surface area contributed by atoms with Gasteiger partial charge in [0, 0.05) is 12.3 Å². The van der Waals surface area contributed by atoms with Crippen molar-refractivity contribution in [1.29, 1.82) is 0 Å². The van der Waals surface area contributed by atoms with Crippen molar-refractivity contribution < 1.29 is 14.6 Å². The van der Waals surface area contributed by atoms with Crippen LogP contribution >= 0.6 is 0 Å². The summed E-state index contributed by atoms with van der Waals surface area (Å²) in [6.07, 6.45) is 1.33. The lowest BCUT2D eigenvalue weighted by Crippen LogP contribution is -2.05. The maximum absolute atomic E-state index is 11.5. The van der Waals surface area contributed by atoms with E-state index in [2.05, 4.69) is 4.98 Å². The summed E-state index contributed by atoms with van der Waals surface area (Å²) in [5.74, 6) is -0.462. The molecule has 0 aliphatic carbocycles. The highest BCUT2D eigenvalue weighted by Crippen LogP contribution is 2.11. The standard InChI is InChI=1S/C12H11NO3/c14-10-6-11(13-7-10)12(15)16-8-9-4-2-1-3-5-9/h1-7,13-14H,8H2. The maximum atomic E-state index is 11.5. The molecule has 0 fully saturated rings. The van der Waals surface area contributed by atoms with Crippen molar-refractivity contribution in [3.8, 4) is 5.75 Å². The highest BCUT2D eigenvalue weighted by Gasteiger charge is 2.09. The largest absolute Gasteiger partial charge is 0.506 e. The van der Waals surface area contributed by atoms with Crippen LogP contribution in [0, 0.1) is 0 Å². The van der Waals surface area contributed by atoms with Gasteiger partial charge in [-0.2, -0.15) is 0 Å². The molecule has 1 aromatic carbocycles. The number of aromatic hydroxyl groups is 1. The Kier molecular flexibility index (Phi) is 2.91. The number of rotatable bonds is 3. The average Bonchev–Trinajstić information content (AvgIpc) is 2.74. The number of aromatic nitrogens is 1. The molecule has 0 atom stereocenters. The predicted molar refractivity (Wildman–Crippen MR) is 58.0 cm³/mol. The lowest BCUT2D eigenvalue weighted by atomic mass is 10.2.